The smallest absolute Gasteiger partial charge is 0.186 e. The average molecular weight is 322 g/mol. The van der Waals surface area contributed by atoms with E-state index in [1.54, 1.807) is 6.07 Å². The maximum absolute atomic E-state index is 14.3. The molecule has 1 atom stereocenters. The van der Waals surface area contributed by atoms with E-state index in [0.717, 1.165) is 24.2 Å². The molecule has 0 bridgehead atoms. The van der Waals surface area contributed by atoms with Crippen molar-refractivity contribution >= 4 is 17.4 Å². The largest absolute Gasteiger partial charge is 0.493 e. The molecule has 2 aromatic rings. The van der Waals surface area contributed by atoms with Gasteiger partial charge in [0, 0.05) is 10.6 Å². The fourth-order valence-corrected chi connectivity index (χ4v) is 2.78. The van der Waals surface area contributed by atoms with Gasteiger partial charge in [0.1, 0.15) is 12.1 Å². The average Bonchev–Trinajstić information content (AvgIpc) is 2.71. The van der Waals surface area contributed by atoms with Gasteiger partial charge in [-0.25, -0.2) is 14.4 Å². The molecule has 4 nitrogen and oxygen atoms in total. The van der Waals surface area contributed by atoms with Crippen molar-refractivity contribution in [3.8, 4) is 5.75 Å². The minimum atomic E-state index is -0.384. The van der Waals surface area contributed by atoms with Crippen molar-refractivity contribution < 1.29 is 9.13 Å². The monoisotopic (exact) mass is 321 g/mol. The van der Waals surface area contributed by atoms with E-state index < -0.39 is 0 Å². The molecule has 1 aromatic heterocycles. The van der Waals surface area contributed by atoms with Gasteiger partial charge in [-0.1, -0.05) is 24.6 Å². The molecule has 1 aromatic carbocycles. The summed E-state index contributed by atoms with van der Waals surface area (Å²) < 4.78 is 20.1. The summed E-state index contributed by atoms with van der Waals surface area (Å²) in [5.74, 6) is 0.595. The van der Waals surface area contributed by atoms with E-state index in [4.69, 9.17) is 16.3 Å². The van der Waals surface area contributed by atoms with E-state index in [0.29, 0.717) is 23.7 Å². The van der Waals surface area contributed by atoms with Crippen molar-refractivity contribution in [1.29, 1.82) is 0 Å². The summed E-state index contributed by atoms with van der Waals surface area (Å²) in [5.41, 5.74) is 1.39. The fraction of sp³-hybridized carbons (Fsp3) is 0.375. The van der Waals surface area contributed by atoms with Gasteiger partial charge in [0.05, 0.1) is 18.3 Å². The normalized spacial score (nSPS) is 17.3. The van der Waals surface area contributed by atoms with Gasteiger partial charge in [-0.2, -0.15) is 0 Å². The molecular formula is C16H17ClFN3O. The topological polar surface area (TPSA) is 47.0 Å². The zero-order valence-electron chi connectivity index (χ0n) is 12.3. The molecule has 116 valence electrons. The lowest BCUT2D eigenvalue weighted by Gasteiger charge is -2.19. The van der Waals surface area contributed by atoms with Gasteiger partial charge >= 0.3 is 0 Å². The summed E-state index contributed by atoms with van der Waals surface area (Å²) in [6.45, 7) is 2.49. The van der Waals surface area contributed by atoms with Crippen LogP contribution < -0.4 is 10.1 Å². The number of nitrogens with zero attached hydrogens (tertiary/aromatic N) is 2. The molecule has 1 aliphatic rings. The van der Waals surface area contributed by atoms with Crippen LogP contribution in [0.5, 0.6) is 5.75 Å². The van der Waals surface area contributed by atoms with Crippen molar-refractivity contribution in [1.82, 2.24) is 9.97 Å². The van der Waals surface area contributed by atoms with Crippen LogP contribution in [0.15, 0.2) is 24.5 Å². The molecule has 0 spiro atoms. The number of hydrogen-bond acceptors (Lipinski definition) is 4. The highest BCUT2D eigenvalue weighted by Crippen LogP contribution is 2.35. The number of hydrogen-bond donors (Lipinski definition) is 1. The maximum atomic E-state index is 14.3. The molecule has 0 radical (unpaired) electrons. The molecule has 2 heterocycles. The number of aryl methyl sites for hydroxylation is 1. The van der Waals surface area contributed by atoms with Crippen molar-refractivity contribution in [2.24, 2.45) is 0 Å². The van der Waals surface area contributed by atoms with Crippen LogP contribution in [0.2, 0.25) is 5.02 Å². The molecule has 0 saturated heterocycles. The minimum absolute atomic E-state index is 0.0659. The highest BCUT2D eigenvalue weighted by molar-refractivity contribution is 6.30. The molecule has 0 aliphatic carbocycles. The quantitative estimate of drug-likeness (QED) is 0.922. The molecule has 22 heavy (non-hydrogen) atoms. The molecule has 1 aliphatic heterocycles. The number of nitrogens with one attached hydrogen (secondary N) is 1. The van der Waals surface area contributed by atoms with Crippen LogP contribution in [-0.2, 0) is 6.42 Å². The minimum Gasteiger partial charge on any atom is -0.493 e. The summed E-state index contributed by atoms with van der Waals surface area (Å²) in [6.07, 6.45) is 3.63. The molecule has 6 heteroatoms. The summed E-state index contributed by atoms with van der Waals surface area (Å²) in [7, 11) is 0. The number of benzene rings is 1. The Balaban J connectivity index is 1.93. The van der Waals surface area contributed by atoms with Crippen LogP contribution >= 0.6 is 11.6 Å². The SMILES string of the molecule is CCc1ncnc(NC2CCCOc3cc(Cl)ccc32)c1F. The number of fused-ring (bicyclic) bond motifs is 1. The summed E-state index contributed by atoms with van der Waals surface area (Å²) in [5, 5.41) is 3.82. The Morgan fingerprint density at radius 2 is 2.27 bits per heavy atom. The number of aromatic nitrogens is 2. The van der Waals surface area contributed by atoms with Gasteiger partial charge in [0.15, 0.2) is 11.6 Å². The van der Waals surface area contributed by atoms with Crippen molar-refractivity contribution in [3.63, 3.8) is 0 Å². The van der Waals surface area contributed by atoms with Crippen LogP contribution in [-0.4, -0.2) is 16.6 Å². The van der Waals surface area contributed by atoms with Crippen molar-refractivity contribution in [2.45, 2.75) is 32.2 Å². The zero-order chi connectivity index (χ0) is 15.5. The van der Waals surface area contributed by atoms with Gasteiger partial charge in [0.25, 0.3) is 0 Å². The first-order valence-corrected chi connectivity index (χ1v) is 7.75. The lowest BCUT2D eigenvalue weighted by molar-refractivity contribution is 0.316. The first-order chi connectivity index (χ1) is 10.7. The Hall–Kier alpha value is -1.88. The summed E-state index contributed by atoms with van der Waals surface area (Å²) in [6, 6.07) is 5.46. The highest BCUT2D eigenvalue weighted by atomic mass is 35.5. The van der Waals surface area contributed by atoms with E-state index in [2.05, 4.69) is 15.3 Å². The van der Waals surface area contributed by atoms with Gasteiger partial charge in [-0.3, -0.25) is 0 Å². The molecular weight excluding hydrogens is 305 g/mol. The van der Waals surface area contributed by atoms with Crippen LogP contribution in [0.1, 0.15) is 37.1 Å². The third kappa shape index (κ3) is 2.99. The molecule has 0 amide bonds. The van der Waals surface area contributed by atoms with E-state index in [1.165, 1.54) is 6.33 Å². The van der Waals surface area contributed by atoms with Crippen LogP contribution in [0, 0.1) is 5.82 Å². The van der Waals surface area contributed by atoms with E-state index in [-0.39, 0.29) is 17.7 Å². The second-order valence-corrected chi connectivity index (χ2v) is 5.64. The second-order valence-electron chi connectivity index (χ2n) is 5.21. The summed E-state index contributed by atoms with van der Waals surface area (Å²) in [4.78, 5) is 7.99. The molecule has 0 saturated carbocycles. The zero-order valence-corrected chi connectivity index (χ0v) is 13.0. The number of halogens is 2. The molecule has 1 N–H and O–H groups in total. The predicted molar refractivity (Wildman–Crippen MR) is 83.9 cm³/mol. The van der Waals surface area contributed by atoms with Crippen LogP contribution in [0.4, 0.5) is 10.2 Å². The Morgan fingerprint density at radius 3 is 3.09 bits per heavy atom. The van der Waals surface area contributed by atoms with E-state index in [1.807, 2.05) is 19.1 Å². The fourth-order valence-electron chi connectivity index (χ4n) is 2.61. The first-order valence-electron chi connectivity index (χ1n) is 7.37. The highest BCUT2D eigenvalue weighted by Gasteiger charge is 2.22. The van der Waals surface area contributed by atoms with Crippen molar-refractivity contribution in [3.05, 3.63) is 46.6 Å². The van der Waals surface area contributed by atoms with Gasteiger partial charge in [0.2, 0.25) is 0 Å². The maximum Gasteiger partial charge on any atom is 0.186 e. The second kappa shape index (κ2) is 6.48. The molecule has 1 unspecified atom stereocenters. The van der Waals surface area contributed by atoms with Gasteiger partial charge < -0.3 is 10.1 Å². The molecule has 3 rings (SSSR count). The Kier molecular flexibility index (Phi) is 4.43. The third-order valence-electron chi connectivity index (χ3n) is 3.75. The van der Waals surface area contributed by atoms with Crippen LogP contribution in [0.3, 0.4) is 0 Å². The number of rotatable bonds is 3. The third-order valence-corrected chi connectivity index (χ3v) is 3.99. The number of ether oxygens (including phenoxy) is 1. The lowest BCUT2D eigenvalue weighted by Crippen LogP contribution is -2.14. The Bertz CT molecular complexity index is 680. The Morgan fingerprint density at radius 1 is 1.41 bits per heavy atom. The standard InChI is InChI=1S/C16H17ClFN3O/c1-2-12-15(18)16(20-9-19-12)21-13-4-3-7-22-14-8-10(17)5-6-11(13)14/h5-6,8-9,13H,2-4,7H2,1H3,(H,19,20,21). The van der Waals surface area contributed by atoms with Gasteiger partial charge in [-0.05, 0) is 31.4 Å². The summed E-state index contributed by atoms with van der Waals surface area (Å²) >= 11 is 6.02. The van der Waals surface area contributed by atoms with Crippen molar-refractivity contribution in [2.75, 3.05) is 11.9 Å². The predicted octanol–water partition coefficient (Wildman–Crippen LogP) is 4.16. The number of anilines is 1. The van der Waals surface area contributed by atoms with E-state index in [9.17, 15) is 4.39 Å². The Labute approximate surface area is 133 Å². The van der Waals surface area contributed by atoms with E-state index >= 15 is 0 Å². The molecule has 0 fully saturated rings. The van der Waals surface area contributed by atoms with Gasteiger partial charge in [-0.15, -0.1) is 0 Å². The lowest BCUT2D eigenvalue weighted by atomic mass is 10.0. The van der Waals surface area contributed by atoms with Crippen LogP contribution in [0.25, 0.3) is 0 Å². The first kappa shape index (κ1) is 15.0.